The molecule has 0 nitrogen and oxygen atoms in total. The maximum atomic E-state index is 6.28. The van der Waals surface area contributed by atoms with E-state index in [1.807, 2.05) is 6.07 Å². The summed E-state index contributed by atoms with van der Waals surface area (Å²) >= 11 is 42.1. The van der Waals surface area contributed by atoms with Crippen LogP contribution in [0.25, 0.3) is 0 Å². The second kappa shape index (κ2) is 7.21. The number of benzene rings is 1. The van der Waals surface area contributed by atoms with Crippen LogP contribution in [0.2, 0.25) is 0 Å². The van der Waals surface area contributed by atoms with Crippen LogP contribution in [0.15, 0.2) is 24.3 Å². The molecule has 1 aromatic carbocycles. The molecule has 1 rings (SSSR count). The fourth-order valence-corrected chi connectivity index (χ4v) is 3.06. The second-order valence-electron chi connectivity index (χ2n) is 4.30. The Labute approximate surface area is 154 Å². The quantitative estimate of drug-likeness (QED) is 0.453. The van der Waals surface area contributed by atoms with Gasteiger partial charge in [0.25, 0.3) is 0 Å². The Morgan fingerprint density at radius 1 is 0.950 bits per heavy atom. The largest absolute Gasteiger partial charge is 0.226 e. The summed E-state index contributed by atoms with van der Waals surface area (Å²) in [5.41, 5.74) is 1.50. The van der Waals surface area contributed by atoms with E-state index in [-0.39, 0.29) is 0 Å². The lowest BCUT2D eigenvalue weighted by atomic mass is 10.0. The highest BCUT2D eigenvalue weighted by molar-refractivity contribution is 6.78. The van der Waals surface area contributed by atoms with Gasteiger partial charge in [0.15, 0.2) is 4.33 Å². The molecule has 0 aliphatic rings. The van der Waals surface area contributed by atoms with Crippen molar-refractivity contribution in [3.8, 4) is 0 Å². The van der Waals surface area contributed by atoms with Gasteiger partial charge in [-0.2, -0.15) is 0 Å². The van der Waals surface area contributed by atoms with Gasteiger partial charge >= 0.3 is 0 Å². The monoisotopic (exact) mass is 413 g/mol. The summed E-state index contributed by atoms with van der Waals surface area (Å²) in [6.07, 6.45) is 2.62. The lowest BCUT2D eigenvalue weighted by molar-refractivity contribution is 0.697. The van der Waals surface area contributed by atoms with Crippen LogP contribution >= 0.6 is 81.2 Å². The molecule has 0 amide bonds. The molecule has 0 spiro atoms. The molecular weight excluding hydrogens is 404 g/mol. The second-order valence-corrected chi connectivity index (χ2v) is 9.24. The van der Waals surface area contributed by atoms with E-state index in [4.69, 9.17) is 81.2 Å². The van der Waals surface area contributed by atoms with Gasteiger partial charge in [0.1, 0.15) is 0 Å². The van der Waals surface area contributed by atoms with Gasteiger partial charge in [-0.25, -0.2) is 0 Å². The van der Waals surface area contributed by atoms with Crippen molar-refractivity contribution in [2.24, 2.45) is 0 Å². The zero-order valence-corrected chi connectivity index (χ0v) is 15.6. The van der Waals surface area contributed by atoms with Gasteiger partial charge in [-0.1, -0.05) is 119 Å². The first-order chi connectivity index (χ1) is 9.04. The van der Waals surface area contributed by atoms with E-state index in [0.29, 0.717) is 5.56 Å². The van der Waals surface area contributed by atoms with Gasteiger partial charge in [0, 0.05) is 0 Å². The minimum absolute atomic E-state index is 0.471. The highest BCUT2D eigenvalue weighted by Crippen LogP contribution is 2.60. The molecule has 0 bridgehead atoms. The van der Waals surface area contributed by atoms with Gasteiger partial charge in [0.05, 0.1) is 0 Å². The summed E-state index contributed by atoms with van der Waals surface area (Å²) in [7, 11) is 0. The number of alkyl halides is 7. The Hall–Kier alpha value is 1.25. The predicted octanol–water partition coefficient (Wildman–Crippen LogP) is 7.02. The highest BCUT2D eigenvalue weighted by atomic mass is 35.6. The minimum Gasteiger partial charge on any atom is -0.0930 e. The normalized spacial score (nSPS) is 13.6. The zero-order chi connectivity index (χ0) is 15.6. The maximum absolute atomic E-state index is 6.28. The van der Waals surface area contributed by atoms with Crippen molar-refractivity contribution in [2.45, 2.75) is 31.7 Å². The molecule has 1 radical (unpaired) electrons. The van der Waals surface area contributed by atoms with Crippen LogP contribution in [0, 0.1) is 6.92 Å². The molecule has 1 aromatic rings. The fourth-order valence-electron chi connectivity index (χ4n) is 1.61. The molecule has 0 aromatic heterocycles. The number of unbranched alkanes of at least 4 members (excludes halogenated alkanes) is 1. The van der Waals surface area contributed by atoms with Crippen LogP contribution < -0.4 is 0 Å². The van der Waals surface area contributed by atoms with Crippen LogP contribution in [0.1, 0.15) is 24.0 Å². The number of rotatable bonds is 5. The molecule has 7 heteroatoms. The predicted molar refractivity (Wildman–Crippen MR) is 92.8 cm³/mol. The molecule has 0 N–H and O–H groups in total. The van der Waals surface area contributed by atoms with Crippen LogP contribution in [-0.4, -0.2) is 8.13 Å². The van der Waals surface area contributed by atoms with E-state index >= 15 is 0 Å². The summed E-state index contributed by atoms with van der Waals surface area (Å²) in [5, 5.41) is 0. The number of aryl methyl sites for hydroxylation is 1. The van der Waals surface area contributed by atoms with E-state index in [0.717, 1.165) is 24.8 Å². The van der Waals surface area contributed by atoms with Crippen LogP contribution in [-0.2, 0) is 10.8 Å². The molecule has 113 valence electrons. The summed E-state index contributed by atoms with van der Waals surface area (Å²) in [6, 6.07) is 7.23. The Morgan fingerprint density at radius 2 is 1.55 bits per heavy atom. The van der Waals surface area contributed by atoms with Gasteiger partial charge in [-0.15, -0.1) is 0 Å². The zero-order valence-electron chi connectivity index (χ0n) is 10.3. The van der Waals surface area contributed by atoms with Gasteiger partial charge in [0.2, 0.25) is 8.13 Å². The molecule has 0 atom stereocenters. The maximum Gasteiger partial charge on any atom is 0.226 e. The SMILES string of the molecule is [CH2]CCCc1cccc(C(Cl)(Cl)C(Cl)(Cl)C(Cl)(Cl)Cl)c1. The van der Waals surface area contributed by atoms with Gasteiger partial charge in [-0.05, 0) is 24.0 Å². The molecule has 0 saturated carbocycles. The molecule has 0 unspecified atom stereocenters. The lowest BCUT2D eigenvalue weighted by Crippen LogP contribution is -2.45. The Morgan fingerprint density at radius 3 is 2.05 bits per heavy atom. The Balaban J connectivity index is 3.15. The fraction of sp³-hybridized carbons (Fsp3) is 0.462. The van der Waals surface area contributed by atoms with Gasteiger partial charge in [-0.3, -0.25) is 0 Å². The third-order valence-electron chi connectivity index (χ3n) is 2.76. The standard InChI is InChI=1S/C13H12Cl7/c1-2-3-5-9-6-4-7-10(8-9)11(14,15)12(16,17)13(18,19)20/h4,6-8H,1-3,5H2. The van der Waals surface area contributed by atoms with Crippen LogP contribution in [0.5, 0.6) is 0 Å². The summed E-state index contributed by atoms with van der Waals surface area (Å²) < 4.78 is -5.84. The Kier molecular flexibility index (Phi) is 6.96. The highest BCUT2D eigenvalue weighted by Gasteiger charge is 2.60. The number of hydrogen-bond acceptors (Lipinski definition) is 0. The van der Waals surface area contributed by atoms with Crippen molar-refractivity contribution in [1.29, 1.82) is 0 Å². The summed E-state index contributed by atoms with van der Waals surface area (Å²) in [6.45, 7) is 3.80. The first-order valence-electron chi connectivity index (χ1n) is 5.75. The number of hydrogen-bond donors (Lipinski definition) is 0. The molecule has 0 fully saturated rings. The number of halogens is 7. The third-order valence-corrected chi connectivity index (χ3v) is 6.71. The summed E-state index contributed by atoms with van der Waals surface area (Å²) in [4.78, 5) is 0. The molecule has 0 heterocycles. The molecule has 0 aliphatic carbocycles. The van der Waals surface area contributed by atoms with E-state index in [1.54, 1.807) is 18.2 Å². The molecular formula is C13H12Cl7. The van der Waals surface area contributed by atoms with E-state index in [2.05, 4.69) is 6.92 Å². The average Bonchev–Trinajstić information content (AvgIpc) is 2.35. The van der Waals surface area contributed by atoms with Crippen LogP contribution in [0.3, 0.4) is 0 Å². The van der Waals surface area contributed by atoms with Crippen molar-refractivity contribution in [1.82, 2.24) is 0 Å². The molecule has 0 saturated heterocycles. The third kappa shape index (κ3) is 4.16. The van der Waals surface area contributed by atoms with Crippen molar-refractivity contribution < 1.29 is 0 Å². The van der Waals surface area contributed by atoms with E-state index in [9.17, 15) is 0 Å². The molecule has 0 aliphatic heterocycles. The van der Waals surface area contributed by atoms with Crippen molar-refractivity contribution >= 4 is 81.2 Å². The van der Waals surface area contributed by atoms with Crippen molar-refractivity contribution in [3.63, 3.8) is 0 Å². The topological polar surface area (TPSA) is 0 Å². The smallest absolute Gasteiger partial charge is 0.0930 e. The molecule has 20 heavy (non-hydrogen) atoms. The lowest BCUT2D eigenvalue weighted by Gasteiger charge is -2.38. The minimum atomic E-state index is -2.05. The van der Waals surface area contributed by atoms with E-state index < -0.39 is 12.5 Å². The van der Waals surface area contributed by atoms with E-state index in [1.165, 1.54) is 0 Å². The van der Waals surface area contributed by atoms with Crippen molar-refractivity contribution in [3.05, 3.63) is 42.3 Å². The van der Waals surface area contributed by atoms with Gasteiger partial charge < -0.3 is 0 Å². The Bertz CT molecular complexity index is 448. The average molecular weight is 416 g/mol. The van der Waals surface area contributed by atoms with Crippen LogP contribution in [0.4, 0.5) is 0 Å². The van der Waals surface area contributed by atoms with Crippen molar-refractivity contribution in [2.75, 3.05) is 0 Å². The first kappa shape index (κ1) is 19.3. The summed E-state index contributed by atoms with van der Waals surface area (Å²) in [5.74, 6) is 0. The first-order valence-corrected chi connectivity index (χ1v) is 8.39.